The Labute approximate surface area is 116 Å². The first kappa shape index (κ1) is 12.7. The number of epoxide rings is 1. The molecular formula is C16H14O4. The maximum absolute atomic E-state index is 12.2. The van der Waals surface area contributed by atoms with Gasteiger partial charge in [0.25, 0.3) is 0 Å². The van der Waals surface area contributed by atoms with Crippen molar-refractivity contribution in [3.8, 4) is 11.5 Å². The van der Waals surface area contributed by atoms with Crippen molar-refractivity contribution in [3.63, 3.8) is 0 Å². The number of hydrogen-bond donors (Lipinski definition) is 1. The van der Waals surface area contributed by atoms with E-state index in [2.05, 4.69) is 0 Å². The average molecular weight is 270 g/mol. The molecule has 20 heavy (non-hydrogen) atoms. The minimum absolute atomic E-state index is 0.0105. The molecule has 2 aromatic rings. The van der Waals surface area contributed by atoms with Crippen LogP contribution in [0.1, 0.15) is 15.9 Å². The topological polar surface area (TPSA) is 59.1 Å². The van der Waals surface area contributed by atoms with E-state index in [4.69, 9.17) is 9.47 Å². The van der Waals surface area contributed by atoms with Crippen LogP contribution in [0.15, 0.2) is 48.5 Å². The van der Waals surface area contributed by atoms with Gasteiger partial charge >= 0.3 is 0 Å². The van der Waals surface area contributed by atoms with Crippen LogP contribution in [0.5, 0.6) is 11.5 Å². The summed E-state index contributed by atoms with van der Waals surface area (Å²) >= 11 is 0. The lowest BCUT2D eigenvalue weighted by molar-refractivity contribution is 0.103. The Morgan fingerprint density at radius 2 is 1.90 bits per heavy atom. The van der Waals surface area contributed by atoms with Crippen LogP contribution >= 0.6 is 0 Å². The van der Waals surface area contributed by atoms with E-state index in [1.54, 1.807) is 42.5 Å². The molecule has 4 heteroatoms. The first-order valence-electron chi connectivity index (χ1n) is 6.41. The fourth-order valence-corrected chi connectivity index (χ4v) is 1.88. The molecule has 3 rings (SSSR count). The van der Waals surface area contributed by atoms with E-state index in [0.29, 0.717) is 23.5 Å². The number of phenolic OH excluding ortho intramolecular Hbond substituents is 1. The molecule has 0 aromatic heterocycles. The molecule has 1 heterocycles. The summed E-state index contributed by atoms with van der Waals surface area (Å²) in [6.45, 7) is 1.29. The second-order valence-corrected chi connectivity index (χ2v) is 4.64. The second-order valence-electron chi connectivity index (χ2n) is 4.64. The van der Waals surface area contributed by atoms with Crippen LogP contribution in [-0.4, -0.2) is 30.2 Å². The Kier molecular flexibility index (Phi) is 3.39. The predicted molar refractivity (Wildman–Crippen MR) is 73.2 cm³/mol. The average Bonchev–Trinajstić information content (AvgIpc) is 3.30. The summed E-state index contributed by atoms with van der Waals surface area (Å²) in [7, 11) is 0. The Balaban J connectivity index is 1.73. The molecule has 1 aliphatic rings. The van der Waals surface area contributed by atoms with Crippen molar-refractivity contribution in [1.82, 2.24) is 0 Å². The van der Waals surface area contributed by atoms with Gasteiger partial charge in [-0.25, -0.2) is 0 Å². The summed E-state index contributed by atoms with van der Waals surface area (Å²) < 4.78 is 10.6. The van der Waals surface area contributed by atoms with E-state index in [9.17, 15) is 9.90 Å². The molecule has 0 bridgehead atoms. The summed E-state index contributed by atoms with van der Waals surface area (Å²) in [4.78, 5) is 12.2. The van der Waals surface area contributed by atoms with Crippen molar-refractivity contribution in [3.05, 3.63) is 59.7 Å². The minimum atomic E-state index is -0.208. The first-order chi connectivity index (χ1) is 9.74. The van der Waals surface area contributed by atoms with Gasteiger partial charge in [0, 0.05) is 5.56 Å². The molecule has 0 aliphatic carbocycles. The normalized spacial score (nSPS) is 16.7. The highest BCUT2D eigenvalue weighted by molar-refractivity contribution is 6.10. The lowest BCUT2D eigenvalue weighted by Crippen LogP contribution is -2.05. The van der Waals surface area contributed by atoms with Crippen molar-refractivity contribution in [1.29, 1.82) is 0 Å². The van der Waals surface area contributed by atoms with Gasteiger partial charge in [-0.3, -0.25) is 4.79 Å². The summed E-state index contributed by atoms with van der Waals surface area (Å²) in [6, 6.07) is 13.4. The quantitative estimate of drug-likeness (QED) is 0.669. The number of rotatable bonds is 5. The number of carbonyl (C=O) groups excluding carboxylic acids is 1. The zero-order chi connectivity index (χ0) is 13.9. The molecule has 1 saturated heterocycles. The SMILES string of the molecule is O=C(c1ccc(OCC2CO2)cc1)c1ccccc1O. The van der Waals surface area contributed by atoms with Gasteiger partial charge in [-0.2, -0.15) is 0 Å². The summed E-state index contributed by atoms with van der Waals surface area (Å²) in [5.41, 5.74) is 0.814. The molecule has 1 fully saturated rings. The summed E-state index contributed by atoms with van der Waals surface area (Å²) in [5, 5.41) is 9.69. The highest BCUT2D eigenvalue weighted by Crippen LogP contribution is 2.22. The summed E-state index contributed by atoms with van der Waals surface area (Å²) in [6.07, 6.45) is 0.206. The number of ether oxygens (including phenoxy) is 2. The zero-order valence-corrected chi connectivity index (χ0v) is 10.8. The third kappa shape index (κ3) is 2.81. The molecular weight excluding hydrogens is 256 g/mol. The fraction of sp³-hybridized carbons (Fsp3) is 0.188. The van der Waals surface area contributed by atoms with Crippen molar-refractivity contribution in [2.24, 2.45) is 0 Å². The molecule has 1 unspecified atom stereocenters. The van der Waals surface area contributed by atoms with Crippen molar-refractivity contribution < 1.29 is 19.4 Å². The van der Waals surface area contributed by atoms with Gasteiger partial charge in [-0.15, -0.1) is 0 Å². The van der Waals surface area contributed by atoms with Gasteiger partial charge in [-0.1, -0.05) is 12.1 Å². The Bertz CT molecular complexity index is 615. The molecule has 0 spiro atoms. The smallest absolute Gasteiger partial charge is 0.196 e. The van der Waals surface area contributed by atoms with E-state index >= 15 is 0 Å². The minimum Gasteiger partial charge on any atom is -0.507 e. The van der Waals surface area contributed by atoms with Crippen LogP contribution < -0.4 is 4.74 Å². The Morgan fingerprint density at radius 1 is 1.20 bits per heavy atom. The second kappa shape index (κ2) is 5.35. The zero-order valence-electron chi connectivity index (χ0n) is 10.8. The van der Waals surface area contributed by atoms with Gasteiger partial charge in [-0.05, 0) is 36.4 Å². The molecule has 0 saturated carbocycles. The van der Waals surface area contributed by atoms with Crippen molar-refractivity contribution in [2.75, 3.05) is 13.2 Å². The van der Waals surface area contributed by atoms with E-state index in [0.717, 1.165) is 6.61 Å². The van der Waals surface area contributed by atoms with Gasteiger partial charge in [0.15, 0.2) is 5.78 Å². The van der Waals surface area contributed by atoms with Crippen molar-refractivity contribution >= 4 is 5.78 Å². The predicted octanol–water partition coefficient (Wildman–Crippen LogP) is 2.40. The molecule has 1 aliphatic heterocycles. The van der Waals surface area contributed by atoms with E-state index in [1.807, 2.05) is 0 Å². The van der Waals surface area contributed by atoms with Crippen LogP contribution in [0.25, 0.3) is 0 Å². The number of phenols is 1. The van der Waals surface area contributed by atoms with Crippen LogP contribution in [0.3, 0.4) is 0 Å². The van der Waals surface area contributed by atoms with E-state index in [1.165, 1.54) is 6.07 Å². The third-order valence-electron chi connectivity index (χ3n) is 3.10. The number of carbonyl (C=O) groups is 1. The van der Waals surface area contributed by atoms with Gasteiger partial charge in [0.2, 0.25) is 0 Å². The molecule has 1 N–H and O–H groups in total. The van der Waals surface area contributed by atoms with E-state index in [-0.39, 0.29) is 17.6 Å². The molecule has 4 nitrogen and oxygen atoms in total. The number of hydrogen-bond acceptors (Lipinski definition) is 4. The maximum atomic E-state index is 12.2. The van der Waals surface area contributed by atoms with Crippen LogP contribution in [0.4, 0.5) is 0 Å². The molecule has 0 amide bonds. The molecule has 1 atom stereocenters. The van der Waals surface area contributed by atoms with Gasteiger partial charge in [0.05, 0.1) is 12.2 Å². The highest BCUT2D eigenvalue weighted by Gasteiger charge is 2.23. The number of ketones is 1. The number of aromatic hydroxyl groups is 1. The largest absolute Gasteiger partial charge is 0.507 e. The number of para-hydroxylation sites is 1. The van der Waals surface area contributed by atoms with Crippen LogP contribution in [0, 0.1) is 0 Å². The van der Waals surface area contributed by atoms with Crippen molar-refractivity contribution in [2.45, 2.75) is 6.10 Å². The lowest BCUT2D eigenvalue weighted by atomic mass is 10.0. The highest BCUT2D eigenvalue weighted by atomic mass is 16.6. The standard InChI is InChI=1S/C16H14O4/c17-15-4-2-1-3-14(15)16(18)11-5-7-12(8-6-11)19-9-13-10-20-13/h1-8,13,17H,9-10H2. The Morgan fingerprint density at radius 3 is 2.55 bits per heavy atom. The third-order valence-corrected chi connectivity index (χ3v) is 3.10. The maximum Gasteiger partial charge on any atom is 0.196 e. The molecule has 102 valence electrons. The molecule has 2 aromatic carbocycles. The number of benzene rings is 2. The monoisotopic (exact) mass is 270 g/mol. The first-order valence-corrected chi connectivity index (χ1v) is 6.41. The van der Waals surface area contributed by atoms with Crippen LogP contribution in [0.2, 0.25) is 0 Å². The van der Waals surface area contributed by atoms with Gasteiger partial charge < -0.3 is 14.6 Å². The lowest BCUT2D eigenvalue weighted by Gasteiger charge is -2.06. The van der Waals surface area contributed by atoms with E-state index < -0.39 is 0 Å². The Hall–Kier alpha value is -2.33. The fourth-order valence-electron chi connectivity index (χ4n) is 1.88. The summed E-state index contributed by atoms with van der Waals surface area (Å²) in [5.74, 6) is 0.484. The van der Waals surface area contributed by atoms with Gasteiger partial charge in [0.1, 0.15) is 24.2 Å². The molecule has 0 radical (unpaired) electrons. The van der Waals surface area contributed by atoms with Crippen LogP contribution in [-0.2, 0) is 4.74 Å².